The molecule has 0 amide bonds. The average Bonchev–Trinajstić information content (AvgIpc) is 2.04. The first-order valence-electron chi connectivity index (χ1n) is 3.99. The van der Waals surface area contributed by atoms with Crippen LogP contribution >= 0.6 is 0 Å². The van der Waals surface area contributed by atoms with Gasteiger partial charge in [0.05, 0.1) is 11.3 Å². The third kappa shape index (κ3) is 2.14. The number of nitrogens with two attached hydrogens (primary N) is 1. The number of hydrogen-bond donors (Lipinski definition) is 2. The Labute approximate surface area is 75.6 Å². The van der Waals surface area contributed by atoms with Crippen molar-refractivity contribution < 1.29 is 9.90 Å². The maximum atomic E-state index is 10.7. The standard InChI is InChI=1S/C8H11N3O2/c1-2-3-6-5(7(12)13)4-10-8(9)11-6/h4H,2-3H2,1H3,(H,12,13)(H2,9,10,11). The number of carboxylic acids is 1. The molecule has 0 radical (unpaired) electrons. The summed E-state index contributed by atoms with van der Waals surface area (Å²) in [6, 6.07) is 0. The number of aromatic carboxylic acids is 1. The summed E-state index contributed by atoms with van der Waals surface area (Å²) in [5.41, 5.74) is 5.98. The maximum absolute atomic E-state index is 10.7. The molecule has 0 aromatic carbocycles. The second kappa shape index (κ2) is 3.84. The largest absolute Gasteiger partial charge is 0.478 e. The Bertz CT molecular complexity index is 325. The van der Waals surface area contributed by atoms with Gasteiger partial charge in [0, 0.05) is 6.20 Å². The summed E-state index contributed by atoms with van der Waals surface area (Å²) in [6.07, 6.45) is 2.68. The molecule has 1 rings (SSSR count). The minimum atomic E-state index is -1.01. The lowest BCUT2D eigenvalue weighted by atomic mass is 10.1. The average molecular weight is 181 g/mol. The molecular weight excluding hydrogens is 170 g/mol. The minimum absolute atomic E-state index is 0.119. The molecule has 5 nitrogen and oxygen atoms in total. The van der Waals surface area contributed by atoms with Crippen LogP contribution in [-0.4, -0.2) is 21.0 Å². The van der Waals surface area contributed by atoms with Crippen LogP contribution in [0.5, 0.6) is 0 Å². The fourth-order valence-corrected chi connectivity index (χ4v) is 1.04. The lowest BCUT2D eigenvalue weighted by Crippen LogP contribution is -2.08. The zero-order valence-corrected chi connectivity index (χ0v) is 7.32. The van der Waals surface area contributed by atoms with Crippen LogP contribution in [0.15, 0.2) is 6.20 Å². The summed E-state index contributed by atoms with van der Waals surface area (Å²) in [6.45, 7) is 1.95. The van der Waals surface area contributed by atoms with E-state index in [0.717, 1.165) is 6.42 Å². The van der Waals surface area contributed by atoms with Crippen LogP contribution in [0, 0.1) is 0 Å². The van der Waals surface area contributed by atoms with E-state index < -0.39 is 5.97 Å². The molecule has 0 aliphatic carbocycles. The maximum Gasteiger partial charge on any atom is 0.339 e. The second-order valence-corrected chi connectivity index (χ2v) is 2.64. The molecule has 1 aromatic heterocycles. The third-order valence-corrected chi connectivity index (χ3v) is 1.60. The van der Waals surface area contributed by atoms with E-state index in [1.807, 2.05) is 6.92 Å². The van der Waals surface area contributed by atoms with Crippen molar-refractivity contribution in [3.63, 3.8) is 0 Å². The van der Waals surface area contributed by atoms with Gasteiger partial charge >= 0.3 is 5.97 Å². The van der Waals surface area contributed by atoms with Gasteiger partial charge in [-0.2, -0.15) is 0 Å². The van der Waals surface area contributed by atoms with Crippen LogP contribution in [0.1, 0.15) is 29.4 Å². The predicted molar refractivity (Wildman–Crippen MR) is 47.4 cm³/mol. The highest BCUT2D eigenvalue weighted by atomic mass is 16.4. The number of carboxylic acid groups (broad SMARTS) is 1. The van der Waals surface area contributed by atoms with Crippen LogP contribution in [-0.2, 0) is 6.42 Å². The van der Waals surface area contributed by atoms with Gasteiger partial charge in [0.2, 0.25) is 5.95 Å². The van der Waals surface area contributed by atoms with Crippen LogP contribution < -0.4 is 5.73 Å². The van der Waals surface area contributed by atoms with Gasteiger partial charge in [-0.3, -0.25) is 0 Å². The highest BCUT2D eigenvalue weighted by Gasteiger charge is 2.11. The molecule has 0 atom stereocenters. The van der Waals surface area contributed by atoms with Crippen molar-refractivity contribution in [2.45, 2.75) is 19.8 Å². The molecule has 1 aromatic rings. The van der Waals surface area contributed by atoms with Crippen molar-refractivity contribution in [3.8, 4) is 0 Å². The molecule has 0 fully saturated rings. The van der Waals surface area contributed by atoms with Gasteiger partial charge < -0.3 is 10.8 Å². The second-order valence-electron chi connectivity index (χ2n) is 2.64. The molecule has 13 heavy (non-hydrogen) atoms. The summed E-state index contributed by atoms with van der Waals surface area (Å²) < 4.78 is 0. The molecule has 5 heteroatoms. The van der Waals surface area contributed by atoms with Crippen molar-refractivity contribution >= 4 is 11.9 Å². The van der Waals surface area contributed by atoms with Crippen LogP contribution in [0.3, 0.4) is 0 Å². The molecule has 0 saturated heterocycles. The number of nitrogens with zero attached hydrogens (tertiary/aromatic N) is 2. The van der Waals surface area contributed by atoms with Gasteiger partial charge in [0.15, 0.2) is 0 Å². The third-order valence-electron chi connectivity index (χ3n) is 1.60. The van der Waals surface area contributed by atoms with E-state index in [1.54, 1.807) is 0 Å². The Morgan fingerprint density at radius 1 is 1.69 bits per heavy atom. The topological polar surface area (TPSA) is 89.1 Å². The van der Waals surface area contributed by atoms with Gasteiger partial charge in [0.1, 0.15) is 0 Å². The van der Waals surface area contributed by atoms with E-state index in [-0.39, 0.29) is 11.5 Å². The first-order valence-corrected chi connectivity index (χ1v) is 3.99. The van der Waals surface area contributed by atoms with Crippen LogP contribution in [0.25, 0.3) is 0 Å². The fraction of sp³-hybridized carbons (Fsp3) is 0.375. The first kappa shape index (κ1) is 9.44. The lowest BCUT2D eigenvalue weighted by Gasteiger charge is -2.02. The summed E-state index contributed by atoms with van der Waals surface area (Å²) in [5, 5.41) is 8.76. The van der Waals surface area contributed by atoms with Crippen molar-refractivity contribution in [3.05, 3.63) is 17.5 Å². The molecule has 0 saturated carbocycles. The van der Waals surface area contributed by atoms with E-state index in [0.29, 0.717) is 12.1 Å². The Balaban J connectivity index is 3.10. The van der Waals surface area contributed by atoms with E-state index in [4.69, 9.17) is 10.8 Å². The summed E-state index contributed by atoms with van der Waals surface area (Å²) >= 11 is 0. The molecule has 0 spiro atoms. The first-order chi connectivity index (χ1) is 6.15. The van der Waals surface area contributed by atoms with Crippen molar-refractivity contribution in [2.75, 3.05) is 5.73 Å². The van der Waals surface area contributed by atoms with Gasteiger partial charge in [0.25, 0.3) is 0 Å². The number of hydrogen-bond acceptors (Lipinski definition) is 4. The SMILES string of the molecule is CCCc1nc(N)ncc1C(=O)O. The number of nitrogen functional groups attached to an aromatic ring is 1. The normalized spacial score (nSPS) is 9.92. The van der Waals surface area contributed by atoms with Crippen molar-refractivity contribution in [1.29, 1.82) is 0 Å². The quantitative estimate of drug-likeness (QED) is 0.716. The molecular formula is C8H11N3O2. The van der Waals surface area contributed by atoms with E-state index >= 15 is 0 Å². The lowest BCUT2D eigenvalue weighted by molar-refractivity contribution is 0.0694. The van der Waals surface area contributed by atoms with Gasteiger partial charge in [-0.05, 0) is 6.42 Å². The van der Waals surface area contributed by atoms with E-state index in [2.05, 4.69) is 9.97 Å². The fourth-order valence-electron chi connectivity index (χ4n) is 1.04. The summed E-state index contributed by atoms with van der Waals surface area (Å²) in [4.78, 5) is 18.2. The van der Waals surface area contributed by atoms with E-state index in [9.17, 15) is 4.79 Å². The molecule has 70 valence electrons. The zero-order valence-electron chi connectivity index (χ0n) is 7.32. The zero-order chi connectivity index (χ0) is 9.84. The number of aryl methyl sites for hydroxylation is 1. The number of rotatable bonds is 3. The highest BCUT2D eigenvalue weighted by Crippen LogP contribution is 2.08. The summed E-state index contributed by atoms with van der Waals surface area (Å²) in [5.74, 6) is -0.892. The van der Waals surface area contributed by atoms with Crippen LogP contribution in [0.2, 0.25) is 0 Å². The Morgan fingerprint density at radius 2 is 2.38 bits per heavy atom. The van der Waals surface area contributed by atoms with Crippen LogP contribution in [0.4, 0.5) is 5.95 Å². The number of aromatic nitrogens is 2. The monoisotopic (exact) mass is 181 g/mol. The minimum Gasteiger partial charge on any atom is -0.478 e. The predicted octanol–water partition coefficient (Wildman–Crippen LogP) is 0.709. The van der Waals surface area contributed by atoms with Gasteiger partial charge in [-0.15, -0.1) is 0 Å². The molecule has 0 aliphatic rings. The number of carbonyl (C=O) groups is 1. The molecule has 3 N–H and O–H groups in total. The van der Waals surface area contributed by atoms with Gasteiger partial charge in [-0.1, -0.05) is 13.3 Å². The smallest absolute Gasteiger partial charge is 0.339 e. The molecule has 1 heterocycles. The van der Waals surface area contributed by atoms with Crippen molar-refractivity contribution in [2.24, 2.45) is 0 Å². The molecule has 0 unspecified atom stereocenters. The highest BCUT2D eigenvalue weighted by molar-refractivity contribution is 5.88. The Morgan fingerprint density at radius 3 is 2.92 bits per heavy atom. The summed E-state index contributed by atoms with van der Waals surface area (Å²) in [7, 11) is 0. The van der Waals surface area contributed by atoms with Gasteiger partial charge in [-0.25, -0.2) is 14.8 Å². The molecule has 0 aliphatic heterocycles. The van der Waals surface area contributed by atoms with Crippen molar-refractivity contribution in [1.82, 2.24) is 9.97 Å². The Kier molecular flexibility index (Phi) is 2.79. The van der Waals surface area contributed by atoms with E-state index in [1.165, 1.54) is 6.20 Å². The number of anilines is 1. The Hall–Kier alpha value is -1.65. The molecule has 0 bridgehead atoms.